The monoisotopic (exact) mass is 185 g/mol. The maximum atomic E-state index is 5.68. The smallest absolute Gasteiger partial charge is 0.0449 e. The van der Waals surface area contributed by atoms with Gasteiger partial charge in [-0.2, -0.15) is 0 Å². The Bertz CT molecular complexity index is 266. The van der Waals surface area contributed by atoms with Gasteiger partial charge in [0.1, 0.15) is 0 Å². The van der Waals surface area contributed by atoms with Gasteiger partial charge in [0.2, 0.25) is 0 Å². The third-order valence-electron chi connectivity index (χ3n) is 1.32. The molecular weight excluding hydrogens is 178 g/mol. The highest BCUT2D eigenvalue weighted by Crippen LogP contribution is 2.13. The van der Waals surface area contributed by atoms with Crippen LogP contribution in [0.4, 0.5) is 0 Å². The SMILES string of the molecule is N/C(=C\S)c1ccc(Cl)cc1. The van der Waals surface area contributed by atoms with Crippen LogP contribution in [0.25, 0.3) is 5.70 Å². The van der Waals surface area contributed by atoms with Gasteiger partial charge in [0, 0.05) is 10.7 Å². The summed E-state index contributed by atoms with van der Waals surface area (Å²) in [5.74, 6) is 0. The molecule has 0 fully saturated rings. The zero-order valence-corrected chi connectivity index (χ0v) is 7.44. The van der Waals surface area contributed by atoms with Crippen LogP contribution in [0.5, 0.6) is 0 Å². The summed E-state index contributed by atoms with van der Waals surface area (Å²) >= 11 is 9.61. The Morgan fingerprint density at radius 1 is 1.36 bits per heavy atom. The summed E-state index contributed by atoms with van der Waals surface area (Å²) in [6.07, 6.45) is 0. The summed E-state index contributed by atoms with van der Waals surface area (Å²) < 4.78 is 0. The first-order valence-electron chi connectivity index (χ1n) is 3.10. The molecule has 58 valence electrons. The van der Waals surface area contributed by atoms with Crippen molar-refractivity contribution in [3.8, 4) is 0 Å². The van der Waals surface area contributed by atoms with E-state index in [2.05, 4.69) is 12.6 Å². The lowest BCUT2D eigenvalue weighted by molar-refractivity contribution is 1.53. The maximum absolute atomic E-state index is 5.68. The Kier molecular flexibility index (Phi) is 2.85. The Hall–Kier alpha value is -0.600. The van der Waals surface area contributed by atoms with Crippen LogP contribution in [0.1, 0.15) is 5.56 Å². The summed E-state index contributed by atoms with van der Waals surface area (Å²) in [6, 6.07) is 7.29. The first-order chi connectivity index (χ1) is 5.24. The lowest BCUT2D eigenvalue weighted by Crippen LogP contribution is -1.93. The minimum absolute atomic E-state index is 0.644. The molecule has 0 aliphatic carbocycles. The molecule has 0 amide bonds. The molecular formula is C8H8ClNS. The first kappa shape index (κ1) is 8.50. The van der Waals surface area contributed by atoms with Crippen molar-refractivity contribution in [1.29, 1.82) is 0 Å². The highest BCUT2D eigenvalue weighted by molar-refractivity contribution is 7.83. The first-order valence-corrected chi connectivity index (χ1v) is 3.99. The molecule has 0 radical (unpaired) electrons. The molecule has 3 heteroatoms. The Balaban J connectivity index is 2.99. The van der Waals surface area contributed by atoms with E-state index in [1.54, 1.807) is 17.5 Å². The van der Waals surface area contributed by atoms with Crippen LogP contribution >= 0.6 is 24.2 Å². The van der Waals surface area contributed by atoms with E-state index in [-0.39, 0.29) is 0 Å². The van der Waals surface area contributed by atoms with Crippen LogP contribution in [0.3, 0.4) is 0 Å². The number of rotatable bonds is 1. The Labute approximate surface area is 76.3 Å². The predicted molar refractivity (Wildman–Crippen MR) is 52.6 cm³/mol. The van der Waals surface area contributed by atoms with E-state index in [1.165, 1.54) is 0 Å². The van der Waals surface area contributed by atoms with Gasteiger partial charge in [-0.25, -0.2) is 0 Å². The molecule has 0 saturated carbocycles. The average Bonchev–Trinajstić information content (AvgIpc) is 2.05. The molecule has 1 aromatic carbocycles. The zero-order valence-electron chi connectivity index (χ0n) is 5.79. The second kappa shape index (κ2) is 3.69. The number of hydrogen-bond acceptors (Lipinski definition) is 2. The molecule has 1 aromatic rings. The van der Waals surface area contributed by atoms with E-state index >= 15 is 0 Å². The van der Waals surface area contributed by atoms with E-state index in [9.17, 15) is 0 Å². The van der Waals surface area contributed by atoms with Crippen LogP contribution in [-0.4, -0.2) is 0 Å². The largest absolute Gasteiger partial charge is 0.398 e. The van der Waals surface area contributed by atoms with Gasteiger partial charge in [0.25, 0.3) is 0 Å². The van der Waals surface area contributed by atoms with Crippen molar-refractivity contribution >= 4 is 29.9 Å². The molecule has 2 N–H and O–H groups in total. The lowest BCUT2D eigenvalue weighted by atomic mass is 10.2. The fourth-order valence-electron chi connectivity index (χ4n) is 0.717. The molecule has 0 heterocycles. The van der Waals surface area contributed by atoms with Gasteiger partial charge < -0.3 is 5.73 Å². The maximum Gasteiger partial charge on any atom is 0.0449 e. The number of thiol groups is 1. The molecule has 0 unspecified atom stereocenters. The number of nitrogens with two attached hydrogens (primary N) is 1. The average molecular weight is 186 g/mol. The van der Waals surface area contributed by atoms with Gasteiger partial charge in [-0.05, 0) is 23.1 Å². The molecule has 0 aliphatic heterocycles. The number of halogens is 1. The van der Waals surface area contributed by atoms with Gasteiger partial charge >= 0.3 is 0 Å². The number of benzene rings is 1. The summed E-state index contributed by atoms with van der Waals surface area (Å²) in [7, 11) is 0. The Morgan fingerprint density at radius 2 is 1.91 bits per heavy atom. The van der Waals surface area contributed by atoms with Crippen molar-refractivity contribution in [2.24, 2.45) is 5.73 Å². The van der Waals surface area contributed by atoms with Crippen LogP contribution in [0, 0.1) is 0 Å². The molecule has 0 spiro atoms. The summed E-state index contributed by atoms with van der Waals surface area (Å²) in [5, 5.41) is 2.27. The van der Waals surface area contributed by atoms with Crippen LogP contribution < -0.4 is 5.73 Å². The predicted octanol–water partition coefficient (Wildman–Crippen LogP) is 2.53. The molecule has 0 bridgehead atoms. The molecule has 0 atom stereocenters. The van der Waals surface area contributed by atoms with Crippen molar-refractivity contribution < 1.29 is 0 Å². The van der Waals surface area contributed by atoms with Crippen molar-refractivity contribution in [2.75, 3.05) is 0 Å². The molecule has 11 heavy (non-hydrogen) atoms. The fraction of sp³-hybridized carbons (Fsp3) is 0. The second-order valence-corrected chi connectivity index (χ2v) is 2.79. The van der Waals surface area contributed by atoms with Gasteiger partial charge in [-0.15, -0.1) is 12.6 Å². The fourth-order valence-corrected chi connectivity index (χ4v) is 0.992. The van der Waals surface area contributed by atoms with Gasteiger partial charge in [0.15, 0.2) is 0 Å². The highest BCUT2D eigenvalue weighted by Gasteiger charge is 1.93. The van der Waals surface area contributed by atoms with E-state index in [4.69, 9.17) is 17.3 Å². The van der Waals surface area contributed by atoms with Crippen LogP contribution in [-0.2, 0) is 0 Å². The zero-order chi connectivity index (χ0) is 8.27. The van der Waals surface area contributed by atoms with Gasteiger partial charge in [-0.1, -0.05) is 23.7 Å². The quantitative estimate of drug-likeness (QED) is 0.647. The minimum atomic E-state index is 0.644. The van der Waals surface area contributed by atoms with Gasteiger partial charge in [-0.3, -0.25) is 0 Å². The van der Waals surface area contributed by atoms with Crippen LogP contribution in [0.2, 0.25) is 5.02 Å². The summed E-state index contributed by atoms with van der Waals surface area (Å²) in [6.45, 7) is 0. The van der Waals surface area contributed by atoms with E-state index < -0.39 is 0 Å². The lowest BCUT2D eigenvalue weighted by Gasteiger charge is -1.98. The van der Waals surface area contributed by atoms with Crippen molar-refractivity contribution in [2.45, 2.75) is 0 Å². The topological polar surface area (TPSA) is 26.0 Å². The van der Waals surface area contributed by atoms with Crippen LogP contribution in [0.15, 0.2) is 29.7 Å². The molecule has 1 nitrogen and oxygen atoms in total. The second-order valence-electron chi connectivity index (χ2n) is 2.09. The third-order valence-corrected chi connectivity index (χ3v) is 1.85. The molecule has 1 rings (SSSR count). The number of hydrogen-bond donors (Lipinski definition) is 2. The normalized spacial score (nSPS) is 11.6. The Morgan fingerprint density at radius 3 is 2.36 bits per heavy atom. The molecule has 0 aliphatic rings. The standard InChI is InChI=1S/C8H8ClNS/c9-7-3-1-6(2-4-7)8(10)5-11/h1-5,11H,10H2/b8-5-. The third kappa shape index (κ3) is 2.17. The molecule has 0 aromatic heterocycles. The van der Waals surface area contributed by atoms with E-state index in [0.717, 1.165) is 5.56 Å². The van der Waals surface area contributed by atoms with Crippen molar-refractivity contribution in [1.82, 2.24) is 0 Å². The van der Waals surface area contributed by atoms with Gasteiger partial charge in [0.05, 0.1) is 0 Å². The highest BCUT2D eigenvalue weighted by atomic mass is 35.5. The summed E-state index contributed by atoms with van der Waals surface area (Å²) in [4.78, 5) is 0. The summed E-state index contributed by atoms with van der Waals surface area (Å²) in [5.41, 5.74) is 7.16. The molecule has 0 saturated heterocycles. The van der Waals surface area contributed by atoms with E-state index in [0.29, 0.717) is 10.7 Å². The van der Waals surface area contributed by atoms with Crippen molar-refractivity contribution in [3.05, 3.63) is 40.3 Å². The minimum Gasteiger partial charge on any atom is -0.398 e. The van der Waals surface area contributed by atoms with Crippen molar-refractivity contribution in [3.63, 3.8) is 0 Å². The van der Waals surface area contributed by atoms with E-state index in [1.807, 2.05) is 12.1 Å².